The number of halogens is 2. The predicted octanol–water partition coefficient (Wildman–Crippen LogP) is 5.16. The van der Waals surface area contributed by atoms with Crippen molar-refractivity contribution in [1.29, 1.82) is 0 Å². The number of hydrogen-bond acceptors (Lipinski definition) is 7. The first-order valence-electron chi connectivity index (χ1n) is 13.2. The summed E-state index contributed by atoms with van der Waals surface area (Å²) < 4.78 is 47.9. The second kappa shape index (κ2) is 11.2. The van der Waals surface area contributed by atoms with Gasteiger partial charge < -0.3 is 24.4 Å². The van der Waals surface area contributed by atoms with Gasteiger partial charge in [-0.05, 0) is 57.5 Å². The minimum atomic E-state index is -1.34. The van der Waals surface area contributed by atoms with Crippen molar-refractivity contribution < 1.29 is 27.8 Å². The molecule has 212 valence electrons. The maximum Gasteiger partial charge on any atom is 0.407 e. The molecule has 1 N–H and O–H groups in total. The van der Waals surface area contributed by atoms with Crippen molar-refractivity contribution in [2.45, 2.75) is 45.0 Å². The molecule has 0 bridgehead atoms. The fourth-order valence-corrected chi connectivity index (χ4v) is 4.80. The van der Waals surface area contributed by atoms with Crippen LogP contribution in [-0.4, -0.2) is 71.7 Å². The number of rotatable bonds is 7. The van der Waals surface area contributed by atoms with Crippen molar-refractivity contribution in [3.05, 3.63) is 54.6 Å². The van der Waals surface area contributed by atoms with Crippen LogP contribution in [-0.2, 0) is 9.47 Å². The van der Waals surface area contributed by atoms with Crippen LogP contribution in [0, 0.1) is 5.82 Å². The van der Waals surface area contributed by atoms with Gasteiger partial charge in [-0.25, -0.2) is 23.5 Å². The lowest BCUT2D eigenvalue weighted by Crippen LogP contribution is -2.53. The Morgan fingerprint density at radius 1 is 1.18 bits per heavy atom. The maximum atomic E-state index is 15.2. The Hall–Kier alpha value is -3.99. The highest BCUT2D eigenvalue weighted by Crippen LogP contribution is 2.33. The number of nitrogens with one attached hydrogen (secondary N) is 1. The summed E-state index contributed by atoms with van der Waals surface area (Å²) in [6.07, 6.45) is 1.92. The number of hydrogen-bond donors (Lipinski definition) is 1. The highest BCUT2D eigenvalue weighted by molar-refractivity contribution is 5.93. The molecule has 1 aromatic carbocycles. The molecule has 9 nitrogen and oxygen atoms in total. The van der Waals surface area contributed by atoms with Crippen LogP contribution >= 0.6 is 0 Å². The Bertz CT molecular complexity index is 1520. The van der Waals surface area contributed by atoms with Crippen LogP contribution < -0.4 is 15.0 Å². The number of ether oxygens (including phenoxy) is 3. The molecule has 0 saturated carbocycles. The smallest absolute Gasteiger partial charge is 0.407 e. The number of nitrogens with zero attached hydrogens (tertiary/aromatic N) is 4. The molecule has 0 spiro atoms. The monoisotopic (exact) mass is 553 g/mol. The molecular formula is C29H33F2N5O4. The number of amides is 1. The van der Waals surface area contributed by atoms with Crippen LogP contribution in [0.15, 0.2) is 48.8 Å². The summed E-state index contributed by atoms with van der Waals surface area (Å²) >= 11 is 0. The number of pyridine rings is 2. The molecule has 4 aromatic rings. The quantitative estimate of drug-likeness (QED) is 0.317. The van der Waals surface area contributed by atoms with Crippen LogP contribution in [0.1, 0.15) is 27.2 Å². The van der Waals surface area contributed by atoms with Crippen molar-refractivity contribution in [2.75, 3.05) is 38.3 Å². The van der Waals surface area contributed by atoms with Crippen molar-refractivity contribution in [1.82, 2.24) is 19.7 Å². The van der Waals surface area contributed by atoms with Gasteiger partial charge in [0.25, 0.3) is 0 Å². The zero-order valence-corrected chi connectivity index (χ0v) is 23.0. The highest BCUT2D eigenvalue weighted by atomic mass is 19.1. The standard InChI is InChI=1S/C29H33F2N5O4/c1-29(2,3)40-28(37)34-22-10-11-35(17-21(22)31)24-8-6-20(30)19-5-7-23(33-27(19)24)25-16-32-26-15-18(9-12-36(25)26)39-14-13-38-4/h5-9,12,15-16,21-22H,10-11,13-14,17H2,1-4H3,(H,34,37). The SMILES string of the molecule is COCCOc1ccn2c(-c3ccc4c(F)ccc(N5CCC(NC(=O)OC(C)(C)C)C(F)C5)c4n3)cnc2c1. The number of anilines is 1. The Kier molecular flexibility index (Phi) is 7.75. The van der Waals surface area contributed by atoms with Crippen molar-refractivity contribution in [3.8, 4) is 17.1 Å². The summed E-state index contributed by atoms with van der Waals surface area (Å²) in [4.78, 5) is 23.3. The molecule has 1 aliphatic heterocycles. The summed E-state index contributed by atoms with van der Waals surface area (Å²) in [6.45, 7) is 6.65. The molecule has 5 rings (SSSR count). The van der Waals surface area contributed by atoms with Gasteiger partial charge >= 0.3 is 6.09 Å². The van der Waals surface area contributed by atoms with E-state index in [9.17, 15) is 9.18 Å². The number of methoxy groups -OCH3 is 1. The third kappa shape index (κ3) is 5.94. The number of alkyl carbamates (subject to hydrolysis) is 1. The van der Waals surface area contributed by atoms with Crippen LogP contribution in [0.4, 0.5) is 19.3 Å². The number of carbonyl (C=O) groups is 1. The van der Waals surface area contributed by atoms with Crippen molar-refractivity contribution in [2.24, 2.45) is 0 Å². The number of fused-ring (bicyclic) bond motifs is 2. The second-order valence-corrected chi connectivity index (χ2v) is 10.7. The molecule has 0 radical (unpaired) electrons. The first kappa shape index (κ1) is 27.6. The highest BCUT2D eigenvalue weighted by Gasteiger charge is 2.32. The number of imidazole rings is 1. The third-order valence-electron chi connectivity index (χ3n) is 6.67. The fourth-order valence-electron chi connectivity index (χ4n) is 4.80. The Morgan fingerprint density at radius 3 is 2.75 bits per heavy atom. The van der Waals surface area contributed by atoms with Crippen LogP contribution in [0.3, 0.4) is 0 Å². The van der Waals surface area contributed by atoms with E-state index in [0.717, 1.165) is 5.69 Å². The van der Waals surface area contributed by atoms with Gasteiger partial charge in [-0.1, -0.05) is 0 Å². The number of aromatic nitrogens is 3. The molecule has 2 atom stereocenters. The van der Waals surface area contributed by atoms with Gasteiger partial charge in [-0.15, -0.1) is 0 Å². The first-order chi connectivity index (χ1) is 19.1. The summed E-state index contributed by atoms with van der Waals surface area (Å²) in [6, 6.07) is 9.40. The largest absolute Gasteiger partial charge is 0.491 e. The molecule has 2 unspecified atom stereocenters. The zero-order valence-electron chi connectivity index (χ0n) is 23.0. The van der Waals surface area contributed by atoms with Crippen molar-refractivity contribution in [3.63, 3.8) is 0 Å². The van der Waals surface area contributed by atoms with Gasteiger partial charge in [-0.3, -0.25) is 4.40 Å². The van der Waals surface area contributed by atoms with Gasteiger partial charge in [0, 0.05) is 31.3 Å². The van der Waals surface area contributed by atoms with Crippen LogP contribution in [0.2, 0.25) is 0 Å². The lowest BCUT2D eigenvalue weighted by molar-refractivity contribution is 0.0463. The van der Waals surface area contributed by atoms with E-state index in [0.29, 0.717) is 59.9 Å². The molecule has 1 saturated heterocycles. The molecular weight excluding hydrogens is 520 g/mol. The third-order valence-corrected chi connectivity index (χ3v) is 6.67. The van der Waals surface area contributed by atoms with Gasteiger partial charge in [-0.2, -0.15) is 0 Å². The van der Waals surface area contributed by atoms with Gasteiger partial charge in [0.05, 0.1) is 48.0 Å². The average Bonchev–Trinajstić information content (AvgIpc) is 3.32. The topological polar surface area (TPSA) is 90.2 Å². The fraction of sp³-hybridized carbons (Fsp3) is 0.414. The average molecular weight is 554 g/mol. The minimum Gasteiger partial charge on any atom is -0.491 e. The maximum absolute atomic E-state index is 15.2. The van der Waals surface area contributed by atoms with E-state index in [1.165, 1.54) is 6.07 Å². The predicted molar refractivity (Wildman–Crippen MR) is 148 cm³/mol. The minimum absolute atomic E-state index is 0.0224. The van der Waals surface area contributed by atoms with Crippen LogP contribution in [0.5, 0.6) is 5.75 Å². The molecule has 11 heteroatoms. The first-order valence-corrected chi connectivity index (χ1v) is 13.2. The Balaban J connectivity index is 1.40. The zero-order chi connectivity index (χ0) is 28.4. The van der Waals surface area contributed by atoms with Gasteiger partial charge in [0.1, 0.15) is 35.6 Å². The molecule has 3 aromatic heterocycles. The van der Waals surface area contributed by atoms with E-state index in [4.69, 9.17) is 19.2 Å². The van der Waals surface area contributed by atoms with E-state index < -0.39 is 29.7 Å². The summed E-state index contributed by atoms with van der Waals surface area (Å²) in [5.41, 5.74) is 2.37. The molecule has 0 aliphatic carbocycles. The summed E-state index contributed by atoms with van der Waals surface area (Å²) in [5, 5.41) is 2.98. The molecule has 1 aliphatic rings. The van der Waals surface area contributed by atoms with E-state index in [1.54, 1.807) is 52.3 Å². The van der Waals surface area contributed by atoms with Crippen LogP contribution in [0.25, 0.3) is 27.9 Å². The van der Waals surface area contributed by atoms with E-state index >= 15 is 4.39 Å². The lowest BCUT2D eigenvalue weighted by Gasteiger charge is -2.37. The van der Waals surface area contributed by atoms with E-state index in [2.05, 4.69) is 10.3 Å². The lowest BCUT2D eigenvalue weighted by atomic mass is 10.0. The Labute approximate surface area is 231 Å². The summed E-state index contributed by atoms with van der Waals surface area (Å²) in [7, 11) is 1.61. The number of benzene rings is 1. The molecule has 1 amide bonds. The normalized spacial score (nSPS) is 17.8. The number of piperidine rings is 1. The second-order valence-electron chi connectivity index (χ2n) is 10.7. The number of carbonyl (C=O) groups excluding carboxylic acids is 1. The van der Waals surface area contributed by atoms with Crippen molar-refractivity contribution >= 4 is 28.3 Å². The molecule has 1 fully saturated rings. The molecule has 4 heterocycles. The van der Waals surface area contributed by atoms with Gasteiger partial charge in [0.2, 0.25) is 0 Å². The van der Waals surface area contributed by atoms with E-state index in [1.807, 2.05) is 27.6 Å². The number of alkyl halides is 1. The van der Waals surface area contributed by atoms with E-state index in [-0.39, 0.29) is 6.54 Å². The molecule has 40 heavy (non-hydrogen) atoms. The summed E-state index contributed by atoms with van der Waals surface area (Å²) in [5.74, 6) is 0.259. The van der Waals surface area contributed by atoms with Gasteiger partial charge in [0.15, 0.2) is 0 Å². The Morgan fingerprint density at radius 2 is 2.00 bits per heavy atom.